The van der Waals surface area contributed by atoms with E-state index in [9.17, 15) is 9.90 Å². The number of benzene rings is 1. The van der Waals surface area contributed by atoms with Crippen LogP contribution in [0.3, 0.4) is 0 Å². The predicted octanol–water partition coefficient (Wildman–Crippen LogP) is 2.16. The standard InChI is InChI=1S/C19H28N2O3/c1-24-16-8-6-15(7-9-16)18(14-4-5-14)21-17(23)12-20-19(13-22)10-2-3-11-19/h6-9,14,18,20,22H,2-5,10-13H2,1H3,(H,21,23). The fourth-order valence-electron chi connectivity index (χ4n) is 3.65. The first-order valence-electron chi connectivity index (χ1n) is 8.95. The van der Waals surface area contributed by atoms with Crippen molar-refractivity contribution >= 4 is 5.91 Å². The molecule has 0 heterocycles. The lowest BCUT2D eigenvalue weighted by atomic mass is 9.99. The van der Waals surface area contributed by atoms with Crippen LogP contribution in [0.25, 0.3) is 0 Å². The van der Waals surface area contributed by atoms with Crippen molar-refractivity contribution in [3.05, 3.63) is 29.8 Å². The van der Waals surface area contributed by atoms with Crippen molar-refractivity contribution in [1.82, 2.24) is 10.6 Å². The van der Waals surface area contributed by atoms with E-state index in [-0.39, 0.29) is 30.6 Å². The summed E-state index contributed by atoms with van der Waals surface area (Å²) in [4.78, 5) is 12.4. The minimum absolute atomic E-state index is 0.00226. The highest BCUT2D eigenvalue weighted by Gasteiger charge is 2.35. The molecule has 1 amide bonds. The van der Waals surface area contributed by atoms with Gasteiger partial charge in [0.1, 0.15) is 5.75 Å². The van der Waals surface area contributed by atoms with E-state index in [0.29, 0.717) is 5.92 Å². The van der Waals surface area contributed by atoms with Crippen LogP contribution in [-0.2, 0) is 4.79 Å². The van der Waals surface area contributed by atoms with Crippen LogP contribution >= 0.6 is 0 Å². The molecule has 0 radical (unpaired) electrons. The summed E-state index contributed by atoms with van der Waals surface area (Å²) in [7, 11) is 1.65. The number of aliphatic hydroxyl groups excluding tert-OH is 1. The van der Waals surface area contributed by atoms with Gasteiger partial charge in [0.15, 0.2) is 0 Å². The van der Waals surface area contributed by atoms with Gasteiger partial charge in [-0.15, -0.1) is 0 Å². The Hall–Kier alpha value is -1.59. The van der Waals surface area contributed by atoms with Crippen molar-refractivity contribution in [3.63, 3.8) is 0 Å². The Morgan fingerprint density at radius 2 is 1.96 bits per heavy atom. The number of methoxy groups -OCH3 is 1. The molecule has 2 aliphatic rings. The third-order valence-corrected chi connectivity index (χ3v) is 5.37. The molecule has 1 aromatic rings. The Balaban J connectivity index is 1.57. The fourth-order valence-corrected chi connectivity index (χ4v) is 3.65. The first-order chi connectivity index (χ1) is 11.7. The van der Waals surface area contributed by atoms with Crippen LogP contribution in [0, 0.1) is 5.92 Å². The molecule has 2 fully saturated rings. The molecule has 3 N–H and O–H groups in total. The van der Waals surface area contributed by atoms with Crippen LogP contribution < -0.4 is 15.4 Å². The van der Waals surface area contributed by atoms with Gasteiger partial charge in [-0.3, -0.25) is 4.79 Å². The molecule has 0 aliphatic heterocycles. The Labute approximate surface area is 143 Å². The molecule has 24 heavy (non-hydrogen) atoms. The molecule has 1 atom stereocenters. The van der Waals surface area contributed by atoms with Gasteiger partial charge in [0.2, 0.25) is 5.91 Å². The van der Waals surface area contributed by atoms with Crippen LogP contribution in [0.5, 0.6) is 5.75 Å². The van der Waals surface area contributed by atoms with Gasteiger partial charge in [-0.05, 0) is 49.3 Å². The number of amides is 1. The summed E-state index contributed by atoms with van der Waals surface area (Å²) < 4.78 is 5.20. The minimum atomic E-state index is -0.257. The maximum atomic E-state index is 12.4. The Bertz CT molecular complexity index is 548. The third kappa shape index (κ3) is 4.08. The Morgan fingerprint density at radius 1 is 1.29 bits per heavy atom. The van der Waals surface area contributed by atoms with Crippen LogP contribution in [0.1, 0.15) is 50.1 Å². The number of nitrogens with one attached hydrogen (secondary N) is 2. The van der Waals surface area contributed by atoms with Gasteiger partial charge in [-0.1, -0.05) is 25.0 Å². The van der Waals surface area contributed by atoms with Gasteiger partial charge in [0, 0.05) is 5.54 Å². The van der Waals surface area contributed by atoms with Gasteiger partial charge in [0.05, 0.1) is 26.3 Å². The van der Waals surface area contributed by atoms with Crippen LogP contribution in [0.15, 0.2) is 24.3 Å². The molecular formula is C19H28N2O3. The normalized spacial score (nSPS) is 20.6. The average Bonchev–Trinajstić information content (AvgIpc) is 3.36. The Morgan fingerprint density at radius 3 is 2.50 bits per heavy atom. The lowest BCUT2D eigenvalue weighted by Gasteiger charge is -2.28. The number of hydrogen-bond acceptors (Lipinski definition) is 4. The van der Waals surface area contributed by atoms with Gasteiger partial charge in [-0.2, -0.15) is 0 Å². The SMILES string of the molecule is COc1ccc(C(NC(=O)CNC2(CO)CCCC2)C2CC2)cc1. The Kier molecular flexibility index (Phi) is 5.41. The van der Waals surface area contributed by atoms with Crippen molar-refractivity contribution in [2.24, 2.45) is 5.92 Å². The molecular weight excluding hydrogens is 304 g/mol. The zero-order valence-corrected chi connectivity index (χ0v) is 14.4. The summed E-state index contributed by atoms with van der Waals surface area (Å²) in [5, 5.41) is 16.1. The summed E-state index contributed by atoms with van der Waals surface area (Å²) in [6.45, 7) is 0.366. The van der Waals surface area contributed by atoms with E-state index >= 15 is 0 Å². The zero-order chi connectivity index (χ0) is 17.0. The first kappa shape index (κ1) is 17.2. The highest BCUT2D eigenvalue weighted by atomic mass is 16.5. The van der Waals surface area contributed by atoms with Gasteiger partial charge in [-0.25, -0.2) is 0 Å². The molecule has 5 heteroatoms. The van der Waals surface area contributed by atoms with Crippen molar-refractivity contribution in [1.29, 1.82) is 0 Å². The summed E-state index contributed by atoms with van der Waals surface area (Å²) in [6.07, 6.45) is 6.44. The minimum Gasteiger partial charge on any atom is -0.497 e. The molecule has 0 spiro atoms. The topological polar surface area (TPSA) is 70.6 Å². The van der Waals surface area contributed by atoms with E-state index in [4.69, 9.17) is 4.74 Å². The largest absolute Gasteiger partial charge is 0.497 e. The smallest absolute Gasteiger partial charge is 0.234 e. The fraction of sp³-hybridized carbons (Fsp3) is 0.632. The zero-order valence-electron chi connectivity index (χ0n) is 14.4. The summed E-state index contributed by atoms with van der Waals surface area (Å²) in [5.74, 6) is 1.36. The van der Waals surface area contributed by atoms with Gasteiger partial charge in [0.25, 0.3) is 0 Å². The van der Waals surface area contributed by atoms with E-state index in [1.54, 1.807) is 7.11 Å². The lowest BCUT2D eigenvalue weighted by molar-refractivity contribution is -0.121. The van der Waals surface area contributed by atoms with E-state index < -0.39 is 0 Å². The number of carbonyl (C=O) groups excluding carboxylic acids is 1. The summed E-state index contributed by atoms with van der Waals surface area (Å²) >= 11 is 0. The summed E-state index contributed by atoms with van der Waals surface area (Å²) in [6, 6.07) is 8.01. The van der Waals surface area contributed by atoms with Gasteiger partial charge >= 0.3 is 0 Å². The summed E-state index contributed by atoms with van der Waals surface area (Å²) in [5.41, 5.74) is 0.872. The monoisotopic (exact) mass is 332 g/mol. The highest BCUT2D eigenvalue weighted by Crippen LogP contribution is 2.41. The first-order valence-corrected chi connectivity index (χ1v) is 8.95. The molecule has 3 rings (SSSR count). The molecule has 5 nitrogen and oxygen atoms in total. The van der Waals surface area contributed by atoms with Crippen molar-refractivity contribution in [2.75, 3.05) is 20.3 Å². The molecule has 0 bridgehead atoms. The van der Waals surface area contributed by atoms with E-state index in [1.165, 1.54) is 0 Å². The predicted molar refractivity (Wildman–Crippen MR) is 92.9 cm³/mol. The van der Waals surface area contributed by atoms with Crippen LogP contribution in [-0.4, -0.2) is 36.8 Å². The molecule has 1 unspecified atom stereocenters. The third-order valence-electron chi connectivity index (χ3n) is 5.37. The lowest BCUT2D eigenvalue weighted by Crippen LogP contribution is -2.50. The van der Waals surface area contributed by atoms with Crippen LogP contribution in [0.2, 0.25) is 0 Å². The quantitative estimate of drug-likeness (QED) is 0.682. The van der Waals surface area contributed by atoms with Crippen molar-refractivity contribution in [3.8, 4) is 5.75 Å². The number of carbonyl (C=O) groups is 1. The molecule has 2 aliphatic carbocycles. The number of hydrogen-bond donors (Lipinski definition) is 3. The second kappa shape index (κ2) is 7.53. The second-order valence-corrected chi connectivity index (χ2v) is 7.15. The molecule has 132 valence electrons. The molecule has 1 aromatic carbocycles. The maximum absolute atomic E-state index is 12.4. The second-order valence-electron chi connectivity index (χ2n) is 7.15. The average molecular weight is 332 g/mol. The van der Waals surface area contributed by atoms with E-state index in [1.807, 2.05) is 24.3 Å². The molecule has 0 aromatic heterocycles. The number of aliphatic hydroxyl groups is 1. The van der Waals surface area contributed by atoms with Crippen LogP contribution in [0.4, 0.5) is 0 Å². The maximum Gasteiger partial charge on any atom is 0.234 e. The van der Waals surface area contributed by atoms with Gasteiger partial charge < -0.3 is 20.5 Å². The van der Waals surface area contributed by atoms with Crippen molar-refractivity contribution in [2.45, 2.75) is 50.1 Å². The molecule has 2 saturated carbocycles. The van der Waals surface area contributed by atoms with E-state index in [2.05, 4.69) is 10.6 Å². The van der Waals surface area contributed by atoms with E-state index in [0.717, 1.165) is 49.8 Å². The number of ether oxygens (including phenoxy) is 1. The van der Waals surface area contributed by atoms with Crippen molar-refractivity contribution < 1.29 is 14.6 Å². The highest BCUT2D eigenvalue weighted by molar-refractivity contribution is 5.78. The number of rotatable bonds is 8. The molecule has 0 saturated heterocycles.